The van der Waals surface area contributed by atoms with E-state index < -0.39 is 13.9 Å². The SMILES string of the molecule is CCCCCCCC/C=C\CCCCCCCCCCCC(=O)OC(COCCCCCCCC/C=C\CCCCCCCCC)COP(=O)(O)OCCN. The third-order valence-electron chi connectivity index (χ3n) is 10.1. The summed E-state index contributed by atoms with van der Waals surface area (Å²) < 4.78 is 33.5. The highest BCUT2D eigenvalue weighted by Crippen LogP contribution is 2.43. The van der Waals surface area contributed by atoms with Gasteiger partial charge in [0.25, 0.3) is 0 Å². The van der Waals surface area contributed by atoms with E-state index in [1.807, 2.05) is 0 Å². The minimum Gasteiger partial charge on any atom is -0.457 e. The van der Waals surface area contributed by atoms with E-state index in [1.165, 1.54) is 173 Å². The smallest absolute Gasteiger partial charge is 0.457 e. The topological polar surface area (TPSA) is 117 Å². The van der Waals surface area contributed by atoms with Gasteiger partial charge >= 0.3 is 13.8 Å². The number of phosphoric ester groups is 1. The second kappa shape index (κ2) is 44.1. The number of ether oxygens (including phenoxy) is 2. The molecule has 9 heteroatoms. The first kappa shape index (κ1) is 54.0. The summed E-state index contributed by atoms with van der Waals surface area (Å²) in [6.45, 7) is 4.93. The minimum absolute atomic E-state index is 0.0955. The van der Waals surface area contributed by atoms with E-state index in [-0.39, 0.29) is 32.3 Å². The molecule has 0 aliphatic carbocycles. The maximum Gasteiger partial charge on any atom is 0.472 e. The number of rotatable bonds is 45. The van der Waals surface area contributed by atoms with Crippen LogP contribution in [0.15, 0.2) is 24.3 Å². The molecule has 0 bridgehead atoms. The Labute approximate surface area is 340 Å². The van der Waals surface area contributed by atoms with E-state index in [0.29, 0.717) is 13.0 Å². The molecule has 0 saturated heterocycles. The van der Waals surface area contributed by atoms with E-state index in [9.17, 15) is 14.3 Å². The molecule has 0 aromatic rings. The second-order valence-corrected chi connectivity index (χ2v) is 17.1. The lowest BCUT2D eigenvalue weighted by atomic mass is 10.1. The highest BCUT2D eigenvalue weighted by atomic mass is 31.2. The maximum atomic E-state index is 12.6. The van der Waals surface area contributed by atoms with Gasteiger partial charge in [-0.1, -0.05) is 179 Å². The summed E-state index contributed by atoms with van der Waals surface area (Å²) in [5, 5.41) is 0. The van der Waals surface area contributed by atoms with Crippen molar-refractivity contribution in [2.75, 3.05) is 33.0 Å². The summed E-state index contributed by atoms with van der Waals surface area (Å²) >= 11 is 0. The van der Waals surface area contributed by atoms with Crippen molar-refractivity contribution in [3.8, 4) is 0 Å². The number of allylic oxidation sites excluding steroid dienone is 4. The van der Waals surface area contributed by atoms with Gasteiger partial charge in [-0.3, -0.25) is 13.8 Å². The number of carbonyl (C=O) groups is 1. The molecule has 0 saturated carbocycles. The molecule has 0 aliphatic rings. The second-order valence-electron chi connectivity index (χ2n) is 15.6. The molecule has 3 N–H and O–H groups in total. The fourth-order valence-corrected chi connectivity index (χ4v) is 7.40. The summed E-state index contributed by atoms with van der Waals surface area (Å²) in [7, 11) is -4.28. The molecule has 0 amide bonds. The maximum absolute atomic E-state index is 12.6. The van der Waals surface area contributed by atoms with Gasteiger partial charge in [0.2, 0.25) is 0 Å². The fraction of sp³-hybridized carbons (Fsp3) is 0.891. The number of nitrogens with two attached hydrogens (primary N) is 1. The van der Waals surface area contributed by atoms with Gasteiger partial charge in [-0.25, -0.2) is 4.57 Å². The van der Waals surface area contributed by atoms with E-state index in [1.54, 1.807) is 0 Å². The summed E-state index contributed by atoms with van der Waals surface area (Å²) in [4.78, 5) is 22.5. The quantitative estimate of drug-likeness (QED) is 0.0271. The summed E-state index contributed by atoms with van der Waals surface area (Å²) in [5.41, 5.74) is 5.38. The van der Waals surface area contributed by atoms with E-state index in [4.69, 9.17) is 24.3 Å². The first-order valence-electron chi connectivity index (χ1n) is 23.3. The van der Waals surface area contributed by atoms with Gasteiger partial charge in [0, 0.05) is 19.6 Å². The molecule has 0 spiro atoms. The minimum atomic E-state index is -4.28. The average Bonchev–Trinajstić information content (AvgIpc) is 3.17. The highest BCUT2D eigenvalue weighted by molar-refractivity contribution is 7.47. The zero-order valence-corrected chi connectivity index (χ0v) is 37.1. The summed E-state index contributed by atoms with van der Waals surface area (Å²) in [6.07, 6.45) is 49.1. The van der Waals surface area contributed by atoms with Gasteiger partial charge in [-0.15, -0.1) is 0 Å². The molecule has 0 fully saturated rings. The third kappa shape index (κ3) is 43.9. The Kier molecular flexibility index (Phi) is 43.3. The van der Waals surface area contributed by atoms with Gasteiger partial charge in [-0.05, 0) is 64.2 Å². The van der Waals surface area contributed by atoms with Crippen LogP contribution in [0.1, 0.15) is 226 Å². The van der Waals surface area contributed by atoms with Gasteiger partial charge in [0.1, 0.15) is 6.10 Å². The molecule has 2 atom stereocenters. The fourth-order valence-electron chi connectivity index (χ4n) is 6.63. The number of phosphoric acid groups is 1. The molecule has 2 unspecified atom stereocenters. The van der Waals surface area contributed by atoms with Crippen LogP contribution in [0.4, 0.5) is 0 Å². The highest BCUT2D eigenvalue weighted by Gasteiger charge is 2.25. The lowest BCUT2D eigenvalue weighted by Crippen LogP contribution is -2.28. The summed E-state index contributed by atoms with van der Waals surface area (Å²) in [5.74, 6) is -0.332. The Morgan fingerprint density at radius 3 is 1.33 bits per heavy atom. The molecule has 0 radical (unpaired) electrons. The number of hydrogen-bond donors (Lipinski definition) is 2. The molecule has 0 rings (SSSR count). The Morgan fingerprint density at radius 1 is 0.527 bits per heavy atom. The van der Waals surface area contributed by atoms with Crippen molar-refractivity contribution in [1.29, 1.82) is 0 Å². The average molecular weight is 800 g/mol. The predicted molar refractivity (Wildman–Crippen MR) is 233 cm³/mol. The van der Waals surface area contributed by atoms with Crippen molar-refractivity contribution in [2.45, 2.75) is 232 Å². The van der Waals surface area contributed by atoms with Crippen LogP contribution in [-0.2, 0) is 27.9 Å². The summed E-state index contributed by atoms with van der Waals surface area (Å²) in [6, 6.07) is 0. The van der Waals surface area contributed by atoms with Gasteiger partial charge in [0.15, 0.2) is 0 Å². The predicted octanol–water partition coefficient (Wildman–Crippen LogP) is 14.0. The molecule has 0 aromatic carbocycles. The normalized spacial score (nSPS) is 13.6. The lowest BCUT2D eigenvalue weighted by molar-refractivity contribution is -0.154. The van der Waals surface area contributed by atoms with Gasteiger partial charge in [0.05, 0.1) is 19.8 Å². The largest absolute Gasteiger partial charge is 0.472 e. The van der Waals surface area contributed by atoms with Crippen molar-refractivity contribution in [1.82, 2.24) is 0 Å². The van der Waals surface area contributed by atoms with Crippen LogP contribution in [0.3, 0.4) is 0 Å². The Hall–Kier alpha value is -1.02. The molecule has 0 aromatic heterocycles. The van der Waals surface area contributed by atoms with Crippen LogP contribution < -0.4 is 5.73 Å². The van der Waals surface area contributed by atoms with Crippen molar-refractivity contribution in [2.24, 2.45) is 5.73 Å². The van der Waals surface area contributed by atoms with Crippen LogP contribution >= 0.6 is 7.82 Å². The zero-order chi connectivity index (χ0) is 40.2. The Balaban J connectivity index is 3.99. The lowest BCUT2D eigenvalue weighted by Gasteiger charge is -2.20. The zero-order valence-electron chi connectivity index (χ0n) is 36.2. The van der Waals surface area contributed by atoms with Crippen LogP contribution in [0, 0.1) is 0 Å². The van der Waals surface area contributed by atoms with Crippen LogP contribution in [-0.4, -0.2) is 49.9 Å². The number of hydrogen-bond acceptors (Lipinski definition) is 7. The molecular weight excluding hydrogens is 709 g/mol. The molecule has 0 aliphatic heterocycles. The first-order chi connectivity index (χ1) is 26.9. The monoisotopic (exact) mass is 800 g/mol. The number of unbranched alkanes of at least 4 members (excludes halogenated alkanes) is 28. The molecule has 8 nitrogen and oxygen atoms in total. The Morgan fingerprint density at radius 2 is 0.909 bits per heavy atom. The van der Waals surface area contributed by atoms with E-state index >= 15 is 0 Å². The van der Waals surface area contributed by atoms with Crippen molar-refractivity contribution < 1.29 is 32.8 Å². The number of carbonyl (C=O) groups excluding carboxylic acids is 1. The van der Waals surface area contributed by atoms with E-state index in [2.05, 4.69) is 38.2 Å². The van der Waals surface area contributed by atoms with Crippen LogP contribution in [0.25, 0.3) is 0 Å². The standard InChI is InChI=1S/C46H90NO7P/c1-3-5-7-9-11-13-15-17-19-21-22-23-25-27-29-31-33-35-37-39-46(48)54-45(44-53-55(49,50)52-42-40-47)43-51-41-38-36-34-32-30-28-26-24-20-18-16-14-12-10-8-6-4-2/h17,19-20,24,45H,3-16,18,21-23,25-44,47H2,1-2H3,(H,49,50)/b19-17-,24-20-. The Bertz CT molecular complexity index is 900. The van der Waals surface area contributed by atoms with Crippen LogP contribution in [0.2, 0.25) is 0 Å². The van der Waals surface area contributed by atoms with Crippen molar-refractivity contribution in [3.63, 3.8) is 0 Å². The van der Waals surface area contributed by atoms with Gasteiger partial charge < -0.3 is 20.1 Å². The first-order valence-corrected chi connectivity index (χ1v) is 24.8. The van der Waals surface area contributed by atoms with Crippen molar-refractivity contribution >= 4 is 13.8 Å². The number of esters is 1. The third-order valence-corrected chi connectivity index (χ3v) is 11.1. The molecule has 55 heavy (non-hydrogen) atoms. The molecule has 326 valence electrons. The van der Waals surface area contributed by atoms with E-state index in [0.717, 1.165) is 32.1 Å². The molecule has 0 heterocycles. The van der Waals surface area contributed by atoms with Crippen LogP contribution in [0.5, 0.6) is 0 Å². The molecular formula is C46H90NO7P. The van der Waals surface area contributed by atoms with Gasteiger partial charge in [-0.2, -0.15) is 0 Å². The van der Waals surface area contributed by atoms with Crippen molar-refractivity contribution in [3.05, 3.63) is 24.3 Å².